The lowest BCUT2D eigenvalue weighted by atomic mass is 10.2. The minimum atomic E-state index is 0.757. The Bertz CT molecular complexity index is 725. The summed E-state index contributed by atoms with van der Waals surface area (Å²) in [6.07, 6.45) is 3.97. The number of benzene rings is 1. The minimum Gasteiger partial charge on any atom is -0.331 e. The van der Waals surface area contributed by atoms with E-state index in [0.29, 0.717) is 0 Å². The summed E-state index contributed by atoms with van der Waals surface area (Å²) in [4.78, 5) is 4.42. The normalized spacial score (nSPS) is 11.3. The zero-order valence-electron chi connectivity index (χ0n) is 12.6. The molecule has 21 heavy (non-hydrogen) atoms. The highest BCUT2D eigenvalue weighted by Crippen LogP contribution is 2.19. The van der Waals surface area contributed by atoms with Gasteiger partial charge in [0, 0.05) is 24.7 Å². The van der Waals surface area contributed by atoms with Crippen molar-refractivity contribution in [1.29, 1.82) is 0 Å². The maximum Gasteiger partial charge on any atom is 0.0953 e. The second-order valence-corrected chi connectivity index (χ2v) is 5.10. The Balaban J connectivity index is 1.86. The number of fused-ring (bicyclic) bond motifs is 1. The zero-order valence-corrected chi connectivity index (χ0v) is 12.6. The van der Waals surface area contributed by atoms with E-state index < -0.39 is 0 Å². The highest BCUT2D eigenvalue weighted by molar-refractivity contribution is 5.81. The molecule has 0 unspecified atom stereocenters. The van der Waals surface area contributed by atoms with Gasteiger partial charge < -0.3 is 9.88 Å². The van der Waals surface area contributed by atoms with Gasteiger partial charge in [-0.05, 0) is 19.5 Å². The lowest BCUT2D eigenvalue weighted by molar-refractivity contribution is 0.653. The highest BCUT2D eigenvalue weighted by atomic mass is 15.3. The molecule has 0 bridgehead atoms. The van der Waals surface area contributed by atoms with Crippen molar-refractivity contribution in [1.82, 2.24) is 24.6 Å². The van der Waals surface area contributed by atoms with E-state index >= 15 is 0 Å². The molecule has 0 saturated heterocycles. The predicted molar refractivity (Wildman–Crippen MR) is 84.1 cm³/mol. The predicted octanol–water partition coefficient (Wildman–Crippen LogP) is 2.41. The monoisotopic (exact) mass is 283 g/mol. The first kappa shape index (κ1) is 13.8. The van der Waals surface area contributed by atoms with Gasteiger partial charge in [-0.15, -0.1) is 0 Å². The second kappa shape index (κ2) is 6.10. The molecule has 0 aliphatic heterocycles. The Morgan fingerprint density at radius 2 is 2.05 bits per heavy atom. The van der Waals surface area contributed by atoms with Crippen molar-refractivity contribution in [2.24, 2.45) is 0 Å². The number of aromatic nitrogens is 4. The molecule has 3 rings (SSSR count). The van der Waals surface area contributed by atoms with Gasteiger partial charge in [0.15, 0.2) is 0 Å². The number of imidazole rings is 1. The Morgan fingerprint density at radius 1 is 1.19 bits per heavy atom. The van der Waals surface area contributed by atoms with Crippen molar-refractivity contribution in [2.75, 3.05) is 6.54 Å². The topological polar surface area (TPSA) is 47.7 Å². The van der Waals surface area contributed by atoms with Gasteiger partial charge in [-0.25, -0.2) is 4.98 Å². The zero-order chi connectivity index (χ0) is 14.7. The van der Waals surface area contributed by atoms with Crippen molar-refractivity contribution in [3.8, 4) is 0 Å². The number of hydrogen-bond acceptors (Lipinski definition) is 3. The average molecular weight is 283 g/mol. The minimum absolute atomic E-state index is 0.757. The molecule has 1 N–H and O–H groups in total. The average Bonchev–Trinajstić information content (AvgIpc) is 3.10. The van der Waals surface area contributed by atoms with Gasteiger partial charge in [-0.2, -0.15) is 5.10 Å². The molecule has 0 spiro atoms. The molecule has 0 aliphatic rings. The molecule has 0 amide bonds. The van der Waals surface area contributed by atoms with Gasteiger partial charge in [0.05, 0.1) is 29.8 Å². The summed E-state index contributed by atoms with van der Waals surface area (Å²) in [5.41, 5.74) is 3.36. The smallest absolute Gasteiger partial charge is 0.0953 e. The molecule has 0 fully saturated rings. The molecule has 0 saturated carbocycles. The summed E-state index contributed by atoms with van der Waals surface area (Å²) < 4.78 is 4.16. The number of para-hydroxylation sites is 1. The number of rotatable bonds is 6. The van der Waals surface area contributed by atoms with Crippen LogP contribution < -0.4 is 5.32 Å². The van der Waals surface area contributed by atoms with Gasteiger partial charge in [0.1, 0.15) is 0 Å². The van der Waals surface area contributed by atoms with E-state index in [4.69, 9.17) is 5.10 Å². The lowest BCUT2D eigenvalue weighted by Gasteiger charge is -1.99. The fraction of sp³-hybridized carbons (Fsp3) is 0.375. The summed E-state index contributed by atoms with van der Waals surface area (Å²) >= 11 is 0. The number of nitrogens with zero attached hydrogens (tertiary/aromatic N) is 4. The van der Waals surface area contributed by atoms with Crippen molar-refractivity contribution in [3.05, 3.63) is 48.2 Å². The van der Waals surface area contributed by atoms with Crippen LogP contribution in [0.3, 0.4) is 0 Å². The van der Waals surface area contributed by atoms with E-state index in [1.807, 2.05) is 6.33 Å². The van der Waals surface area contributed by atoms with Crippen molar-refractivity contribution in [2.45, 2.75) is 33.5 Å². The largest absolute Gasteiger partial charge is 0.331 e. The molecule has 0 atom stereocenters. The molecule has 110 valence electrons. The first-order chi connectivity index (χ1) is 10.3. The SMILES string of the molecule is CCNCc1cn(Cc2nn(CC)c3ccccc23)cn1. The third-order valence-electron chi connectivity index (χ3n) is 3.61. The van der Waals surface area contributed by atoms with Gasteiger partial charge in [0.25, 0.3) is 0 Å². The molecule has 3 aromatic rings. The second-order valence-electron chi connectivity index (χ2n) is 5.10. The van der Waals surface area contributed by atoms with Gasteiger partial charge in [0.2, 0.25) is 0 Å². The molecule has 0 aliphatic carbocycles. The van der Waals surface area contributed by atoms with Crippen LogP contribution in [0.15, 0.2) is 36.8 Å². The Labute approximate surface area is 124 Å². The molecular weight excluding hydrogens is 262 g/mol. The standard InChI is InChI=1S/C16H21N5/c1-3-17-9-13-10-20(12-18-13)11-15-14-7-5-6-8-16(14)21(4-2)19-15/h5-8,10,12,17H,3-4,9,11H2,1-2H3. The number of hydrogen-bond donors (Lipinski definition) is 1. The van der Waals surface area contributed by atoms with Crippen LogP contribution in [0.5, 0.6) is 0 Å². The number of nitrogens with one attached hydrogen (secondary N) is 1. The third-order valence-corrected chi connectivity index (χ3v) is 3.61. The van der Waals surface area contributed by atoms with Gasteiger partial charge >= 0.3 is 0 Å². The van der Waals surface area contributed by atoms with Crippen LogP contribution >= 0.6 is 0 Å². The quantitative estimate of drug-likeness (QED) is 0.755. The van der Waals surface area contributed by atoms with Crippen LogP contribution in [-0.4, -0.2) is 25.9 Å². The van der Waals surface area contributed by atoms with Gasteiger partial charge in [-0.1, -0.05) is 25.1 Å². The number of aryl methyl sites for hydroxylation is 1. The van der Waals surface area contributed by atoms with Crippen LogP contribution in [0.4, 0.5) is 0 Å². The first-order valence-electron chi connectivity index (χ1n) is 7.47. The maximum atomic E-state index is 4.73. The fourth-order valence-electron chi connectivity index (χ4n) is 2.56. The van der Waals surface area contributed by atoms with Crippen molar-refractivity contribution < 1.29 is 0 Å². The van der Waals surface area contributed by atoms with E-state index in [0.717, 1.165) is 37.6 Å². The molecule has 0 radical (unpaired) electrons. The summed E-state index contributed by atoms with van der Waals surface area (Å²) in [6, 6.07) is 8.39. The Kier molecular flexibility index (Phi) is 4.01. The third kappa shape index (κ3) is 2.83. The first-order valence-corrected chi connectivity index (χ1v) is 7.47. The van der Waals surface area contributed by atoms with Crippen LogP contribution in [0.1, 0.15) is 25.2 Å². The molecule has 2 aromatic heterocycles. The van der Waals surface area contributed by atoms with Crippen molar-refractivity contribution in [3.63, 3.8) is 0 Å². The summed E-state index contributed by atoms with van der Waals surface area (Å²) in [5.74, 6) is 0. The Morgan fingerprint density at radius 3 is 2.86 bits per heavy atom. The van der Waals surface area contributed by atoms with E-state index in [9.17, 15) is 0 Å². The van der Waals surface area contributed by atoms with Crippen LogP contribution in [-0.2, 0) is 19.6 Å². The highest BCUT2D eigenvalue weighted by Gasteiger charge is 2.09. The van der Waals surface area contributed by atoms with Crippen LogP contribution in [0.2, 0.25) is 0 Å². The van der Waals surface area contributed by atoms with Crippen molar-refractivity contribution >= 4 is 10.9 Å². The van der Waals surface area contributed by atoms with E-state index in [2.05, 4.69) is 63.9 Å². The van der Waals surface area contributed by atoms with Gasteiger partial charge in [-0.3, -0.25) is 4.68 Å². The summed E-state index contributed by atoms with van der Waals surface area (Å²) in [6.45, 7) is 7.63. The maximum absolute atomic E-state index is 4.73. The molecular formula is C16H21N5. The fourth-order valence-corrected chi connectivity index (χ4v) is 2.56. The molecule has 2 heterocycles. The van der Waals surface area contributed by atoms with E-state index in [-0.39, 0.29) is 0 Å². The van der Waals surface area contributed by atoms with Crippen LogP contribution in [0, 0.1) is 0 Å². The molecule has 5 nitrogen and oxygen atoms in total. The van der Waals surface area contributed by atoms with Crippen LogP contribution in [0.25, 0.3) is 10.9 Å². The van der Waals surface area contributed by atoms with E-state index in [1.165, 1.54) is 10.9 Å². The summed E-state index contributed by atoms with van der Waals surface area (Å²) in [5, 5.41) is 9.24. The van der Waals surface area contributed by atoms with E-state index in [1.54, 1.807) is 0 Å². The Hall–Kier alpha value is -2.14. The molecule has 5 heteroatoms. The lowest BCUT2D eigenvalue weighted by Crippen LogP contribution is -2.11. The summed E-state index contributed by atoms with van der Waals surface area (Å²) in [7, 11) is 0. The molecule has 1 aromatic carbocycles.